The standard InChI is InChI=1S/C15H22N2O/c1-11-8-13(15(16)18)6-7-14(11)10-17-9-12-4-2-3-5-12/h6-8,12,17H,2-5,9-10H2,1H3,(H2,16,18). The molecule has 2 rings (SSSR count). The summed E-state index contributed by atoms with van der Waals surface area (Å²) in [5.74, 6) is 0.499. The lowest BCUT2D eigenvalue weighted by atomic mass is 10.0. The number of nitrogens with one attached hydrogen (secondary N) is 1. The number of amides is 1. The number of hydrogen-bond donors (Lipinski definition) is 2. The number of carbonyl (C=O) groups is 1. The Hall–Kier alpha value is -1.35. The number of hydrogen-bond acceptors (Lipinski definition) is 2. The number of nitrogens with two attached hydrogens (primary N) is 1. The predicted octanol–water partition coefficient (Wildman–Crippen LogP) is 2.37. The van der Waals surface area contributed by atoms with Crippen molar-refractivity contribution in [3.63, 3.8) is 0 Å². The van der Waals surface area contributed by atoms with Crippen LogP contribution in [0.5, 0.6) is 0 Å². The first-order valence-corrected chi connectivity index (χ1v) is 6.77. The van der Waals surface area contributed by atoms with Crippen LogP contribution < -0.4 is 11.1 Å². The van der Waals surface area contributed by atoms with Crippen LogP contribution >= 0.6 is 0 Å². The molecule has 98 valence electrons. The van der Waals surface area contributed by atoms with Crippen molar-refractivity contribution in [2.45, 2.75) is 39.2 Å². The van der Waals surface area contributed by atoms with Crippen molar-refractivity contribution in [1.29, 1.82) is 0 Å². The smallest absolute Gasteiger partial charge is 0.248 e. The van der Waals surface area contributed by atoms with Gasteiger partial charge in [0.25, 0.3) is 0 Å². The summed E-state index contributed by atoms with van der Waals surface area (Å²) in [6, 6.07) is 5.67. The number of primary amides is 1. The van der Waals surface area contributed by atoms with Gasteiger partial charge in [-0.25, -0.2) is 0 Å². The minimum Gasteiger partial charge on any atom is -0.366 e. The van der Waals surface area contributed by atoms with Gasteiger partial charge in [-0.3, -0.25) is 4.79 Å². The van der Waals surface area contributed by atoms with E-state index < -0.39 is 0 Å². The third-order valence-corrected chi connectivity index (χ3v) is 3.85. The maximum atomic E-state index is 11.1. The molecule has 1 amide bonds. The van der Waals surface area contributed by atoms with Gasteiger partial charge in [-0.05, 0) is 55.5 Å². The van der Waals surface area contributed by atoms with Gasteiger partial charge in [0.1, 0.15) is 0 Å². The first-order valence-electron chi connectivity index (χ1n) is 6.77. The molecule has 3 N–H and O–H groups in total. The third-order valence-electron chi connectivity index (χ3n) is 3.85. The third kappa shape index (κ3) is 3.33. The van der Waals surface area contributed by atoms with E-state index in [1.165, 1.54) is 31.2 Å². The van der Waals surface area contributed by atoms with Crippen LogP contribution in [0.4, 0.5) is 0 Å². The summed E-state index contributed by atoms with van der Waals surface area (Å²) in [6.07, 6.45) is 5.51. The summed E-state index contributed by atoms with van der Waals surface area (Å²) in [5.41, 5.74) is 8.23. The maximum Gasteiger partial charge on any atom is 0.248 e. The van der Waals surface area contributed by atoms with E-state index in [0.717, 1.165) is 24.6 Å². The zero-order valence-electron chi connectivity index (χ0n) is 11.0. The van der Waals surface area contributed by atoms with Gasteiger partial charge in [0.05, 0.1) is 0 Å². The fraction of sp³-hybridized carbons (Fsp3) is 0.533. The molecule has 0 atom stereocenters. The highest BCUT2D eigenvalue weighted by Gasteiger charge is 2.14. The SMILES string of the molecule is Cc1cc(C(N)=O)ccc1CNCC1CCCC1. The lowest BCUT2D eigenvalue weighted by molar-refractivity contribution is 0.1000. The molecule has 1 aromatic carbocycles. The summed E-state index contributed by atoms with van der Waals surface area (Å²) < 4.78 is 0. The molecule has 3 heteroatoms. The molecule has 0 saturated heterocycles. The molecule has 1 saturated carbocycles. The predicted molar refractivity (Wildman–Crippen MR) is 73.4 cm³/mol. The Balaban J connectivity index is 1.87. The minimum absolute atomic E-state index is 0.358. The molecule has 0 radical (unpaired) electrons. The van der Waals surface area contributed by atoms with Gasteiger partial charge >= 0.3 is 0 Å². The van der Waals surface area contributed by atoms with Crippen molar-refractivity contribution in [1.82, 2.24) is 5.32 Å². The summed E-state index contributed by atoms with van der Waals surface area (Å²) in [7, 11) is 0. The first kappa shape index (κ1) is 13.1. The normalized spacial score (nSPS) is 16.1. The zero-order chi connectivity index (χ0) is 13.0. The highest BCUT2D eigenvalue weighted by molar-refractivity contribution is 5.93. The zero-order valence-corrected chi connectivity index (χ0v) is 11.0. The molecule has 0 unspecified atom stereocenters. The van der Waals surface area contributed by atoms with Crippen molar-refractivity contribution in [2.24, 2.45) is 11.7 Å². The van der Waals surface area contributed by atoms with Crippen LogP contribution in [0.25, 0.3) is 0 Å². The second kappa shape index (κ2) is 6.01. The number of aryl methyl sites for hydroxylation is 1. The Morgan fingerprint density at radius 3 is 2.72 bits per heavy atom. The Morgan fingerprint density at radius 2 is 2.11 bits per heavy atom. The second-order valence-corrected chi connectivity index (χ2v) is 5.29. The molecule has 1 fully saturated rings. The molecule has 0 heterocycles. The van der Waals surface area contributed by atoms with E-state index in [1.54, 1.807) is 0 Å². The van der Waals surface area contributed by atoms with Crippen molar-refractivity contribution >= 4 is 5.91 Å². The number of rotatable bonds is 5. The number of benzene rings is 1. The molecule has 0 spiro atoms. The monoisotopic (exact) mass is 246 g/mol. The molecule has 1 aliphatic rings. The summed E-state index contributed by atoms with van der Waals surface area (Å²) in [6.45, 7) is 4.01. The Kier molecular flexibility index (Phi) is 4.37. The fourth-order valence-corrected chi connectivity index (χ4v) is 2.67. The fourth-order valence-electron chi connectivity index (χ4n) is 2.67. The highest BCUT2D eigenvalue weighted by atomic mass is 16.1. The molecular formula is C15H22N2O. The molecule has 0 aromatic heterocycles. The second-order valence-electron chi connectivity index (χ2n) is 5.29. The molecular weight excluding hydrogens is 224 g/mol. The van der Waals surface area contributed by atoms with Gasteiger partial charge in [-0.1, -0.05) is 18.9 Å². The summed E-state index contributed by atoms with van der Waals surface area (Å²) in [5, 5.41) is 3.52. The van der Waals surface area contributed by atoms with E-state index in [-0.39, 0.29) is 5.91 Å². The van der Waals surface area contributed by atoms with Gasteiger partial charge in [-0.2, -0.15) is 0 Å². The lowest BCUT2D eigenvalue weighted by Gasteiger charge is -2.12. The van der Waals surface area contributed by atoms with Crippen LogP contribution in [-0.4, -0.2) is 12.5 Å². The van der Waals surface area contributed by atoms with Gasteiger partial charge < -0.3 is 11.1 Å². The molecule has 0 bridgehead atoms. The van der Waals surface area contributed by atoms with Crippen molar-refractivity contribution in [3.8, 4) is 0 Å². The average molecular weight is 246 g/mol. The van der Waals surface area contributed by atoms with Crippen LogP contribution in [0.15, 0.2) is 18.2 Å². The molecule has 18 heavy (non-hydrogen) atoms. The largest absolute Gasteiger partial charge is 0.366 e. The quantitative estimate of drug-likeness (QED) is 0.838. The topological polar surface area (TPSA) is 55.1 Å². The first-order chi connectivity index (χ1) is 8.66. The van der Waals surface area contributed by atoms with E-state index in [4.69, 9.17) is 5.73 Å². The molecule has 3 nitrogen and oxygen atoms in total. The van der Waals surface area contributed by atoms with Crippen molar-refractivity contribution in [3.05, 3.63) is 34.9 Å². The van der Waals surface area contributed by atoms with Crippen LogP contribution in [0.3, 0.4) is 0 Å². The van der Waals surface area contributed by atoms with Crippen LogP contribution in [0.1, 0.15) is 47.2 Å². The van der Waals surface area contributed by atoms with Crippen LogP contribution in [-0.2, 0) is 6.54 Å². The van der Waals surface area contributed by atoms with Gasteiger partial charge in [-0.15, -0.1) is 0 Å². The molecule has 0 aliphatic heterocycles. The van der Waals surface area contributed by atoms with Crippen LogP contribution in [0.2, 0.25) is 0 Å². The molecule has 1 aliphatic carbocycles. The highest BCUT2D eigenvalue weighted by Crippen LogP contribution is 2.23. The van der Waals surface area contributed by atoms with E-state index in [1.807, 2.05) is 25.1 Å². The average Bonchev–Trinajstić information content (AvgIpc) is 2.84. The van der Waals surface area contributed by atoms with Crippen molar-refractivity contribution in [2.75, 3.05) is 6.54 Å². The van der Waals surface area contributed by atoms with Gasteiger partial charge in [0.15, 0.2) is 0 Å². The maximum absolute atomic E-state index is 11.1. The lowest BCUT2D eigenvalue weighted by Crippen LogP contribution is -2.21. The van der Waals surface area contributed by atoms with E-state index in [2.05, 4.69) is 5.32 Å². The van der Waals surface area contributed by atoms with E-state index in [0.29, 0.717) is 5.56 Å². The Morgan fingerprint density at radius 1 is 1.39 bits per heavy atom. The Labute approximate surface area is 109 Å². The number of carbonyl (C=O) groups excluding carboxylic acids is 1. The Bertz CT molecular complexity index is 423. The van der Waals surface area contributed by atoms with E-state index in [9.17, 15) is 4.79 Å². The summed E-state index contributed by atoms with van der Waals surface area (Å²) >= 11 is 0. The van der Waals surface area contributed by atoms with E-state index >= 15 is 0 Å². The molecule has 1 aromatic rings. The van der Waals surface area contributed by atoms with Gasteiger partial charge in [0, 0.05) is 12.1 Å². The van der Waals surface area contributed by atoms with Crippen LogP contribution in [0, 0.1) is 12.8 Å². The minimum atomic E-state index is -0.358. The van der Waals surface area contributed by atoms with Gasteiger partial charge in [0.2, 0.25) is 5.91 Å². The van der Waals surface area contributed by atoms with Crippen molar-refractivity contribution < 1.29 is 4.79 Å². The summed E-state index contributed by atoms with van der Waals surface area (Å²) in [4.78, 5) is 11.1.